The van der Waals surface area contributed by atoms with E-state index >= 15 is 0 Å². The lowest BCUT2D eigenvalue weighted by Gasteiger charge is -2.08. The number of carboxylic acid groups (broad SMARTS) is 1. The van der Waals surface area contributed by atoms with Gasteiger partial charge in [0.15, 0.2) is 11.5 Å². The van der Waals surface area contributed by atoms with Gasteiger partial charge in [0.25, 0.3) is 0 Å². The molecule has 0 radical (unpaired) electrons. The Labute approximate surface area is 139 Å². The van der Waals surface area contributed by atoms with E-state index in [9.17, 15) is 15.0 Å². The standard InChI is InChI=1S/C12H10O3.C7H6O2/c13-10-7-4-8-11(14)12(10)15-9-5-2-1-3-6-9;8-7(9)6-4-2-1-3-5-6/h1-8,13-14H;1-5H,(H,8,9). The van der Waals surface area contributed by atoms with E-state index in [-0.39, 0.29) is 17.2 Å². The average Bonchev–Trinajstić information content (AvgIpc) is 2.60. The summed E-state index contributed by atoms with van der Waals surface area (Å²) in [6, 6.07) is 21.7. The summed E-state index contributed by atoms with van der Waals surface area (Å²) in [5.74, 6) is -0.411. The molecule has 5 heteroatoms. The maximum Gasteiger partial charge on any atom is 0.335 e. The number of benzene rings is 3. The zero-order chi connectivity index (χ0) is 17.4. The van der Waals surface area contributed by atoms with Gasteiger partial charge < -0.3 is 20.1 Å². The van der Waals surface area contributed by atoms with Crippen molar-refractivity contribution >= 4 is 5.97 Å². The first-order valence-electron chi connectivity index (χ1n) is 7.10. The quantitative estimate of drug-likeness (QED) is 0.669. The number of phenols is 2. The SMILES string of the molecule is O=C(O)c1ccccc1.Oc1cccc(O)c1Oc1ccccc1. The van der Waals surface area contributed by atoms with Crippen molar-refractivity contribution in [3.05, 3.63) is 84.4 Å². The van der Waals surface area contributed by atoms with Gasteiger partial charge in [-0.15, -0.1) is 0 Å². The molecular weight excluding hydrogens is 308 g/mol. The highest BCUT2D eigenvalue weighted by Gasteiger charge is 2.08. The highest BCUT2D eigenvalue weighted by molar-refractivity contribution is 5.87. The van der Waals surface area contributed by atoms with E-state index in [1.807, 2.05) is 18.2 Å². The number of hydrogen-bond acceptors (Lipinski definition) is 4. The molecule has 0 amide bonds. The van der Waals surface area contributed by atoms with Crippen LogP contribution >= 0.6 is 0 Å². The largest absolute Gasteiger partial charge is 0.504 e. The molecule has 0 aliphatic heterocycles. The molecule has 3 rings (SSSR count). The minimum Gasteiger partial charge on any atom is -0.504 e. The molecule has 0 heterocycles. The Morgan fingerprint density at radius 1 is 0.708 bits per heavy atom. The maximum absolute atomic E-state index is 10.2. The van der Waals surface area contributed by atoms with E-state index in [0.29, 0.717) is 11.3 Å². The highest BCUT2D eigenvalue weighted by atomic mass is 16.5. The first-order valence-corrected chi connectivity index (χ1v) is 7.10. The van der Waals surface area contributed by atoms with Gasteiger partial charge in [-0.25, -0.2) is 4.79 Å². The molecule has 122 valence electrons. The minimum absolute atomic E-state index is 0.0729. The van der Waals surface area contributed by atoms with Crippen molar-refractivity contribution in [3.8, 4) is 23.0 Å². The van der Waals surface area contributed by atoms with Crippen LogP contribution in [0.15, 0.2) is 78.9 Å². The molecule has 24 heavy (non-hydrogen) atoms. The third-order valence-electron chi connectivity index (χ3n) is 2.96. The van der Waals surface area contributed by atoms with Crippen LogP contribution in [0.3, 0.4) is 0 Å². The average molecular weight is 324 g/mol. The maximum atomic E-state index is 10.2. The monoisotopic (exact) mass is 324 g/mol. The Hall–Kier alpha value is -3.47. The number of rotatable bonds is 3. The lowest BCUT2D eigenvalue weighted by Crippen LogP contribution is -1.93. The third kappa shape index (κ3) is 4.78. The van der Waals surface area contributed by atoms with Crippen molar-refractivity contribution in [2.45, 2.75) is 0 Å². The molecule has 0 spiro atoms. The van der Waals surface area contributed by atoms with E-state index in [2.05, 4.69) is 0 Å². The first-order chi connectivity index (χ1) is 11.6. The van der Waals surface area contributed by atoms with Gasteiger partial charge >= 0.3 is 5.97 Å². The van der Waals surface area contributed by atoms with Crippen molar-refractivity contribution in [2.75, 3.05) is 0 Å². The molecule has 3 N–H and O–H groups in total. The van der Waals surface area contributed by atoms with E-state index in [1.165, 1.54) is 12.1 Å². The molecule has 0 aromatic heterocycles. The zero-order valence-corrected chi connectivity index (χ0v) is 12.7. The highest BCUT2D eigenvalue weighted by Crippen LogP contribution is 2.38. The summed E-state index contributed by atoms with van der Waals surface area (Å²) in [5.41, 5.74) is 0.331. The van der Waals surface area contributed by atoms with Gasteiger partial charge in [-0.1, -0.05) is 42.5 Å². The van der Waals surface area contributed by atoms with Gasteiger partial charge in [-0.3, -0.25) is 0 Å². The van der Waals surface area contributed by atoms with Crippen LogP contribution in [0.1, 0.15) is 10.4 Å². The summed E-state index contributed by atoms with van der Waals surface area (Å²) in [4.78, 5) is 10.2. The molecule has 0 aliphatic carbocycles. The predicted octanol–water partition coefficient (Wildman–Crippen LogP) is 4.27. The Morgan fingerprint density at radius 2 is 1.21 bits per heavy atom. The Balaban J connectivity index is 0.000000198. The van der Waals surface area contributed by atoms with E-state index in [0.717, 1.165) is 0 Å². The molecule has 3 aromatic carbocycles. The molecule has 0 saturated carbocycles. The van der Waals surface area contributed by atoms with Crippen LogP contribution in [0.4, 0.5) is 0 Å². The minimum atomic E-state index is -0.879. The summed E-state index contributed by atoms with van der Waals surface area (Å²) in [6.07, 6.45) is 0. The van der Waals surface area contributed by atoms with Crippen LogP contribution < -0.4 is 4.74 Å². The predicted molar refractivity (Wildman–Crippen MR) is 89.7 cm³/mol. The fourth-order valence-electron chi connectivity index (χ4n) is 1.80. The molecule has 0 aliphatic rings. The normalized spacial score (nSPS) is 9.50. The summed E-state index contributed by atoms with van der Waals surface area (Å²) < 4.78 is 5.34. The number of aromatic carboxylic acids is 1. The third-order valence-corrected chi connectivity index (χ3v) is 2.96. The Kier molecular flexibility index (Phi) is 5.80. The van der Waals surface area contributed by atoms with Crippen molar-refractivity contribution in [3.63, 3.8) is 0 Å². The number of carbonyl (C=O) groups is 1. The second-order valence-electron chi connectivity index (χ2n) is 4.71. The molecule has 5 nitrogen and oxygen atoms in total. The molecule has 0 fully saturated rings. The van der Waals surface area contributed by atoms with Crippen LogP contribution in [0, 0.1) is 0 Å². The van der Waals surface area contributed by atoms with E-state index in [4.69, 9.17) is 9.84 Å². The van der Waals surface area contributed by atoms with Gasteiger partial charge in [0.2, 0.25) is 5.75 Å². The fraction of sp³-hybridized carbons (Fsp3) is 0. The van der Waals surface area contributed by atoms with Gasteiger partial charge in [0.05, 0.1) is 5.56 Å². The topological polar surface area (TPSA) is 87.0 Å². The van der Waals surface area contributed by atoms with Crippen LogP contribution in [0.2, 0.25) is 0 Å². The van der Waals surface area contributed by atoms with Crippen molar-refractivity contribution in [1.82, 2.24) is 0 Å². The number of hydrogen-bond donors (Lipinski definition) is 3. The summed E-state index contributed by atoms with van der Waals surface area (Å²) in [6.45, 7) is 0. The Morgan fingerprint density at radius 3 is 1.67 bits per heavy atom. The lowest BCUT2D eigenvalue weighted by molar-refractivity contribution is 0.0697. The summed E-state index contributed by atoms with van der Waals surface area (Å²) >= 11 is 0. The lowest BCUT2D eigenvalue weighted by atomic mass is 10.2. The van der Waals surface area contributed by atoms with Crippen LogP contribution in [0.5, 0.6) is 23.0 Å². The second-order valence-corrected chi connectivity index (χ2v) is 4.71. The number of para-hydroxylation sites is 2. The number of carboxylic acids is 1. The number of aromatic hydroxyl groups is 2. The zero-order valence-electron chi connectivity index (χ0n) is 12.7. The Bertz CT molecular complexity index is 765. The molecule has 0 atom stereocenters. The van der Waals surface area contributed by atoms with Crippen molar-refractivity contribution < 1.29 is 24.9 Å². The van der Waals surface area contributed by atoms with E-state index < -0.39 is 5.97 Å². The van der Waals surface area contributed by atoms with Gasteiger partial charge in [-0.05, 0) is 36.4 Å². The summed E-state index contributed by atoms with van der Waals surface area (Å²) in [7, 11) is 0. The van der Waals surface area contributed by atoms with Gasteiger partial charge in [-0.2, -0.15) is 0 Å². The first kappa shape index (κ1) is 16.9. The number of phenolic OH excluding ortho intramolecular Hbond substituents is 2. The van der Waals surface area contributed by atoms with Crippen LogP contribution in [0.25, 0.3) is 0 Å². The molecule has 0 saturated heterocycles. The molecule has 0 unspecified atom stereocenters. The molecule has 3 aromatic rings. The molecule has 0 bridgehead atoms. The van der Waals surface area contributed by atoms with Crippen LogP contribution in [-0.2, 0) is 0 Å². The van der Waals surface area contributed by atoms with Crippen molar-refractivity contribution in [1.29, 1.82) is 0 Å². The smallest absolute Gasteiger partial charge is 0.335 e. The molecular formula is C19H16O5. The number of ether oxygens (including phenoxy) is 1. The van der Waals surface area contributed by atoms with Gasteiger partial charge in [0, 0.05) is 0 Å². The van der Waals surface area contributed by atoms with E-state index in [1.54, 1.807) is 48.5 Å². The second kappa shape index (κ2) is 8.24. The van der Waals surface area contributed by atoms with Gasteiger partial charge in [0.1, 0.15) is 5.75 Å². The fourth-order valence-corrected chi connectivity index (χ4v) is 1.80. The summed E-state index contributed by atoms with van der Waals surface area (Å²) in [5, 5.41) is 27.3. The van der Waals surface area contributed by atoms with Crippen molar-refractivity contribution in [2.24, 2.45) is 0 Å². The van der Waals surface area contributed by atoms with Crippen LogP contribution in [-0.4, -0.2) is 21.3 Å².